The number of furan rings is 5. The van der Waals surface area contributed by atoms with Gasteiger partial charge in [-0.3, -0.25) is 0 Å². The van der Waals surface area contributed by atoms with E-state index in [1.807, 2.05) is 97.1 Å². The molecular formula is C63H33N3O5. The molecule has 8 nitrogen and oxygen atoms in total. The van der Waals surface area contributed by atoms with E-state index in [1.165, 1.54) is 0 Å². The molecule has 0 aliphatic heterocycles. The molecule has 8 heteroatoms. The third-order valence-electron chi connectivity index (χ3n) is 14.2. The summed E-state index contributed by atoms with van der Waals surface area (Å²) in [5.41, 5.74) is 14.6. The molecule has 0 spiro atoms. The van der Waals surface area contributed by atoms with Crippen molar-refractivity contribution in [3.63, 3.8) is 0 Å². The first-order valence-corrected chi connectivity index (χ1v) is 23.6. The fourth-order valence-corrected chi connectivity index (χ4v) is 11.0. The minimum Gasteiger partial charge on any atom is -0.456 e. The van der Waals surface area contributed by atoms with Gasteiger partial charge in [-0.1, -0.05) is 121 Å². The lowest BCUT2D eigenvalue weighted by Crippen LogP contribution is -2.00. The fourth-order valence-electron chi connectivity index (χ4n) is 11.0. The number of nitrogens with zero attached hydrogens (tertiary/aromatic N) is 3. The topological polar surface area (TPSA) is 104 Å². The van der Waals surface area contributed by atoms with Crippen molar-refractivity contribution in [3.8, 4) is 56.4 Å². The van der Waals surface area contributed by atoms with Crippen LogP contribution in [-0.4, -0.2) is 15.0 Å². The first-order chi connectivity index (χ1) is 35.1. The molecule has 0 atom stereocenters. The summed E-state index contributed by atoms with van der Waals surface area (Å²) in [6.45, 7) is 0. The summed E-state index contributed by atoms with van der Waals surface area (Å²) in [6, 6.07) is 68.0. The molecule has 0 unspecified atom stereocenters. The summed E-state index contributed by atoms with van der Waals surface area (Å²) in [6.07, 6.45) is 0. The van der Waals surface area contributed by atoms with Crippen molar-refractivity contribution in [2.45, 2.75) is 0 Å². The van der Waals surface area contributed by atoms with Crippen LogP contribution < -0.4 is 0 Å². The molecule has 0 saturated heterocycles. The highest BCUT2D eigenvalue weighted by Gasteiger charge is 2.23. The highest BCUT2D eigenvalue weighted by atomic mass is 16.3. The van der Waals surface area contributed by atoms with Crippen molar-refractivity contribution in [1.29, 1.82) is 0 Å². The minimum absolute atomic E-state index is 0.500. The number of hydrogen-bond donors (Lipinski definition) is 0. The van der Waals surface area contributed by atoms with Crippen molar-refractivity contribution in [3.05, 3.63) is 200 Å². The van der Waals surface area contributed by atoms with E-state index in [-0.39, 0.29) is 0 Å². The second kappa shape index (κ2) is 14.4. The molecule has 0 saturated carbocycles. The summed E-state index contributed by atoms with van der Waals surface area (Å²) in [4.78, 5) is 16.1. The Kier molecular flexibility index (Phi) is 7.73. The monoisotopic (exact) mass is 911 g/mol. The molecule has 6 aromatic heterocycles. The summed E-state index contributed by atoms with van der Waals surface area (Å²) < 4.78 is 32.3. The molecule has 10 aromatic carbocycles. The van der Waals surface area contributed by atoms with Crippen LogP contribution in [0.1, 0.15) is 0 Å². The van der Waals surface area contributed by atoms with E-state index in [0.29, 0.717) is 17.5 Å². The van der Waals surface area contributed by atoms with Crippen molar-refractivity contribution in [1.82, 2.24) is 15.0 Å². The lowest BCUT2D eigenvalue weighted by atomic mass is 9.97. The Morgan fingerprint density at radius 3 is 1.07 bits per heavy atom. The van der Waals surface area contributed by atoms with Crippen molar-refractivity contribution >= 4 is 110 Å². The van der Waals surface area contributed by atoms with Crippen LogP contribution in [0.3, 0.4) is 0 Å². The van der Waals surface area contributed by atoms with Gasteiger partial charge in [0.25, 0.3) is 0 Å². The summed E-state index contributed by atoms with van der Waals surface area (Å²) in [5.74, 6) is 1.50. The maximum absolute atomic E-state index is 6.62. The molecule has 6 heterocycles. The number of benzene rings is 10. The van der Waals surface area contributed by atoms with E-state index < -0.39 is 0 Å². The zero-order chi connectivity index (χ0) is 46.3. The number of fused-ring (bicyclic) bond motifs is 15. The molecule has 0 aliphatic carbocycles. The van der Waals surface area contributed by atoms with Crippen LogP contribution in [0.2, 0.25) is 0 Å². The van der Waals surface area contributed by atoms with Crippen LogP contribution in [0.5, 0.6) is 0 Å². The average molecular weight is 912 g/mol. The third-order valence-corrected chi connectivity index (χ3v) is 14.2. The van der Waals surface area contributed by atoms with Gasteiger partial charge < -0.3 is 22.1 Å². The Bertz CT molecular complexity index is 4660. The van der Waals surface area contributed by atoms with Gasteiger partial charge in [-0.05, 0) is 101 Å². The summed E-state index contributed by atoms with van der Waals surface area (Å²) >= 11 is 0. The molecule has 0 amide bonds. The number of rotatable bonds is 5. The maximum atomic E-state index is 6.62. The predicted octanol–water partition coefficient (Wildman–Crippen LogP) is 17.7. The van der Waals surface area contributed by atoms with Gasteiger partial charge in [0.15, 0.2) is 17.5 Å². The zero-order valence-electron chi connectivity index (χ0n) is 37.4. The lowest BCUT2D eigenvalue weighted by Gasteiger charge is -2.10. The largest absolute Gasteiger partial charge is 0.456 e. The van der Waals surface area contributed by atoms with Crippen LogP contribution in [0, 0.1) is 0 Å². The smallest absolute Gasteiger partial charge is 0.164 e. The van der Waals surface area contributed by atoms with Gasteiger partial charge >= 0.3 is 0 Å². The van der Waals surface area contributed by atoms with Gasteiger partial charge in [0.05, 0.1) is 0 Å². The Labute approximate surface area is 401 Å². The van der Waals surface area contributed by atoms with Gasteiger partial charge in [0.1, 0.15) is 55.8 Å². The predicted molar refractivity (Wildman–Crippen MR) is 283 cm³/mol. The van der Waals surface area contributed by atoms with Crippen LogP contribution in [0.25, 0.3) is 166 Å². The van der Waals surface area contributed by atoms with Crippen molar-refractivity contribution in [2.75, 3.05) is 0 Å². The van der Waals surface area contributed by atoms with E-state index >= 15 is 0 Å². The van der Waals surface area contributed by atoms with Crippen LogP contribution >= 0.6 is 0 Å². The molecule has 0 fully saturated rings. The zero-order valence-corrected chi connectivity index (χ0v) is 37.4. The SMILES string of the molecule is c1ccc2c(c1)oc1cc(-c3nc(-c4cccc5oc6ccc(-c7cccc8oc9ccccc9c78)cc6c45)nc(-c4cccc5oc6ccc(-c7cccc8oc9ccccc9c78)cc6c45)n3)ccc12. The van der Waals surface area contributed by atoms with Gasteiger partial charge in [-0.2, -0.15) is 0 Å². The molecule has 71 heavy (non-hydrogen) atoms. The summed E-state index contributed by atoms with van der Waals surface area (Å²) in [5, 5.41) is 10.1. The molecule has 330 valence electrons. The molecule has 0 N–H and O–H groups in total. The average Bonchev–Trinajstić information content (AvgIpc) is 4.26. The number of para-hydroxylation sites is 3. The molecule has 0 bridgehead atoms. The second-order valence-electron chi connectivity index (χ2n) is 18.2. The Morgan fingerprint density at radius 2 is 0.563 bits per heavy atom. The maximum Gasteiger partial charge on any atom is 0.164 e. The van der Waals surface area contributed by atoms with Gasteiger partial charge in [0.2, 0.25) is 0 Å². The first-order valence-electron chi connectivity index (χ1n) is 23.6. The van der Waals surface area contributed by atoms with Gasteiger partial charge in [-0.25, -0.2) is 15.0 Å². The lowest BCUT2D eigenvalue weighted by molar-refractivity contribution is 0.668. The quantitative estimate of drug-likeness (QED) is 0.168. The third kappa shape index (κ3) is 5.64. The fraction of sp³-hybridized carbons (Fsp3) is 0. The Morgan fingerprint density at radius 1 is 0.211 bits per heavy atom. The molecule has 16 aromatic rings. The molecular weight excluding hydrogens is 879 g/mol. The molecule has 0 aliphatic rings. The summed E-state index contributed by atoms with van der Waals surface area (Å²) in [7, 11) is 0. The molecule has 0 radical (unpaired) electrons. The van der Waals surface area contributed by atoms with E-state index in [9.17, 15) is 0 Å². The van der Waals surface area contributed by atoms with Crippen LogP contribution in [0.15, 0.2) is 222 Å². The van der Waals surface area contributed by atoms with Gasteiger partial charge in [0, 0.05) is 70.6 Å². The van der Waals surface area contributed by atoms with Crippen LogP contribution in [0.4, 0.5) is 0 Å². The van der Waals surface area contributed by atoms with Gasteiger partial charge in [-0.15, -0.1) is 0 Å². The van der Waals surface area contributed by atoms with Crippen molar-refractivity contribution in [2.24, 2.45) is 0 Å². The Hall–Kier alpha value is -9.79. The standard InChI is InChI=1S/C63H33N3O5/c1-4-18-47-39(11-1)40-28-25-36(33-56(40)71-47)61-64-62(43-16-9-23-54-59(43)45-31-34(26-29-50(45)69-54)37-14-7-21-52-57(37)41-12-2-5-19-48(41)67-52)66-63(65-61)44-17-10-24-55-60(44)46-32-35(27-30-51(46)70-55)38-15-8-22-53-58(38)42-13-3-6-20-49(42)68-53/h1-33H. The highest BCUT2D eigenvalue weighted by molar-refractivity contribution is 6.18. The number of hydrogen-bond acceptors (Lipinski definition) is 8. The second-order valence-corrected chi connectivity index (χ2v) is 18.2. The number of aromatic nitrogens is 3. The highest BCUT2D eigenvalue weighted by Crippen LogP contribution is 2.44. The first kappa shape index (κ1) is 38.2. The van der Waals surface area contributed by atoms with E-state index in [0.717, 1.165) is 149 Å². The van der Waals surface area contributed by atoms with E-state index in [1.54, 1.807) is 0 Å². The minimum atomic E-state index is 0.500. The Balaban J connectivity index is 0.928. The molecule has 16 rings (SSSR count). The van der Waals surface area contributed by atoms with E-state index in [4.69, 9.17) is 37.0 Å². The normalized spacial score (nSPS) is 12.2. The van der Waals surface area contributed by atoms with E-state index in [2.05, 4.69) is 103 Å². The van der Waals surface area contributed by atoms with Crippen LogP contribution in [-0.2, 0) is 0 Å². The van der Waals surface area contributed by atoms with Crippen molar-refractivity contribution < 1.29 is 22.1 Å².